The second-order valence-electron chi connectivity index (χ2n) is 17.0. The van der Waals surface area contributed by atoms with Gasteiger partial charge in [0.25, 0.3) is 0 Å². The van der Waals surface area contributed by atoms with E-state index < -0.39 is 5.41 Å². The summed E-state index contributed by atoms with van der Waals surface area (Å²) < 4.78 is 14.1. The van der Waals surface area contributed by atoms with E-state index >= 15 is 0 Å². The van der Waals surface area contributed by atoms with Gasteiger partial charge in [-0.15, -0.1) is 0 Å². The SMILES string of the molecule is C1=CCCC(c2ccc(N(c3ccc(-c4ccccc4)cc3)c3cccc(-c4cccc5c4Oc4c(ccc6c4-c4ccccc4C64c6ccccc6-c6ccccc64)O5)c3)cc2)=C1. The molecule has 0 radical (unpaired) electrons. The van der Waals surface area contributed by atoms with Gasteiger partial charge in [0.15, 0.2) is 23.0 Å². The smallest absolute Gasteiger partial charge is 0.178 e. The summed E-state index contributed by atoms with van der Waals surface area (Å²) in [5, 5.41) is 0. The molecular formula is C61H41NO2. The minimum absolute atomic E-state index is 0.475. The van der Waals surface area contributed by atoms with Crippen LogP contribution >= 0.6 is 0 Å². The van der Waals surface area contributed by atoms with Gasteiger partial charge in [-0.3, -0.25) is 0 Å². The van der Waals surface area contributed by atoms with Crippen molar-refractivity contribution in [1.29, 1.82) is 0 Å². The van der Waals surface area contributed by atoms with E-state index in [-0.39, 0.29) is 0 Å². The Hall–Kier alpha value is -8.14. The standard InChI is InChI=1S/C61H41NO2/c1-3-15-40(16-4-1)42-29-33-45(34-30-42)62(46-35-31-43(32-36-46)41-17-5-2-6-18-41)47-20-13-19-44(39-47)48-24-14-28-56-59(48)64-60-57(63-56)38-37-55-58(60)51-23-9-12-27-54(51)61(55)52-25-10-7-21-49(52)50-22-8-11-26-53(50)61/h1-5,7-17,19-39H,6,18H2. The average Bonchev–Trinajstić information content (AvgIpc) is 3.84. The summed E-state index contributed by atoms with van der Waals surface area (Å²) in [5.74, 6) is 2.88. The molecule has 3 heteroatoms. The number of rotatable bonds is 6. The fourth-order valence-corrected chi connectivity index (χ4v) is 10.8. The molecule has 64 heavy (non-hydrogen) atoms. The lowest BCUT2D eigenvalue weighted by molar-refractivity contribution is 0.361. The zero-order valence-corrected chi connectivity index (χ0v) is 35.0. The average molecular weight is 820 g/mol. The lowest BCUT2D eigenvalue weighted by Gasteiger charge is -2.31. The maximum absolute atomic E-state index is 7.29. The van der Waals surface area contributed by atoms with Crippen LogP contribution in [0.3, 0.4) is 0 Å². The number of nitrogens with zero attached hydrogens (tertiary/aromatic N) is 1. The molecular weight excluding hydrogens is 779 g/mol. The van der Waals surface area contributed by atoms with Crippen LogP contribution < -0.4 is 14.4 Å². The van der Waals surface area contributed by atoms with E-state index in [0.717, 1.165) is 58.1 Å². The molecule has 0 unspecified atom stereocenters. The van der Waals surface area contributed by atoms with Crippen LogP contribution in [-0.2, 0) is 5.41 Å². The molecule has 13 rings (SSSR count). The molecule has 3 nitrogen and oxygen atoms in total. The number of hydrogen-bond donors (Lipinski definition) is 0. The number of benzene rings is 9. The third kappa shape index (κ3) is 5.47. The molecule has 1 heterocycles. The van der Waals surface area contributed by atoms with Gasteiger partial charge >= 0.3 is 0 Å². The van der Waals surface area contributed by atoms with Crippen molar-refractivity contribution in [2.24, 2.45) is 0 Å². The number of ether oxygens (including phenoxy) is 2. The van der Waals surface area contributed by atoms with Gasteiger partial charge in [-0.05, 0) is 128 Å². The number of anilines is 3. The third-order valence-electron chi connectivity index (χ3n) is 13.6. The highest BCUT2D eigenvalue weighted by Crippen LogP contribution is 2.66. The first-order valence-corrected chi connectivity index (χ1v) is 22.2. The first-order valence-electron chi connectivity index (χ1n) is 22.2. The Labute approximate surface area is 373 Å². The van der Waals surface area contributed by atoms with Gasteiger partial charge < -0.3 is 14.4 Å². The van der Waals surface area contributed by atoms with Crippen molar-refractivity contribution in [2.45, 2.75) is 18.3 Å². The predicted octanol–water partition coefficient (Wildman–Crippen LogP) is 16.5. The summed E-state index contributed by atoms with van der Waals surface area (Å²) in [6, 6.07) is 74.5. The highest BCUT2D eigenvalue weighted by molar-refractivity contribution is 5.98. The Morgan fingerprint density at radius 1 is 0.391 bits per heavy atom. The number of allylic oxidation sites excluding steroid dienone is 4. The summed E-state index contributed by atoms with van der Waals surface area (Å²) in [6.45, 7) is 0. The maximum Gasteiger partial charge on any atom is 0.178 e. The largest absolute Gasteiger partial charge is 0.449 e. The van der Waals surface area contributed by atoms with Crippen LogP contribution in [0.5, 0.6) is 23.0 Å². The van der Waals surface area contributed by atoms with Gasteiger partial charge in [-0.2, -0.15) is 0 Å². The molecule has 0 saturated heterocycles. The molecule has 0 amide bonds. The fraction of sp³-hybridized carbons (Fsp3) is 0.0492. The van der Waals surface area contributed by atoms with Gasteiger partial charge in [-0.1, -0.05) is 176 Å². The topological polar surface area (TPSA) is 21.7 Å². The van der Waals surface area contributed by atoms with Crippen LogP contribution in [0.15, 0.2) is 224 Å². The summed E-state index contributed by atoms with van der Waals surface area (Å²) >= 11 is 0. The van der Waals surface area contributed by atoms with Crippen molar-refractivity contribution >= 4 is 22.6 Å². The van der Waals surface area contributed by atoms with Gasteiger partial charge in [0.05, 0.1) is 5.41 Å². The molecule has 0 aromatic heterocycles. The third-order valence-corrected chi connectivity index (χ3v) is 13.6. The van der Waals surface area contributed by atoms with Crippen LogP contribution in [0.25, 0.3) is 50.1 Å². The first kappa shape index (κ1) is 36.5. The Morgan fingerprint density at radius 3 is 1.67 bits per heavy atom. The Kier molecular flexibility index (Phi) is 8.26. The van der Waals surface area contributed by atoms with Gasteiger partial charge in [0, 0.05) is 28.2 Å². The van der Waals surface area contributed by atoms with E-state index in [0.29, 0.717) is 11.5 Å². The fourth-order valence-electron chi connectivity index (χ4n) is 10.8. The molecule has 4 aliphatic rings. The summed E-state index contributed by atoms with van der Waals surface area (Å²) in [6.07, 6.45) is 8.78. The molecule has 0 atom stereocenters. The van der Waals surface area contributed by atoms with E-state index in [1.807, 2.05) is 6.07 Å². The molecule has 9 aromatic rings. The normalized spacial score (nSPS) is 14.2. The summed E-state index contributed by atoms with van der Waals surface area (Å²) in [5.41, 5.74) is 19.6. The second-order valence-corrected chi connectivity index (χ2v) is 17.0. The predicted molar refractivity (Wildman–Crippen MR) is 261 cm³/mol. The van der Waals surface area contributed by atoms with E-state index in [9.17, 15) is 0 Å². The van der Waals surface area contributed by atoms with Crippen molar-refractivity contribution in [2.75, 3.05) is 4.90 Å². The molecule has 1 spiro atoms. The van der Waals surface area contributed by atoms with Gasteiger partial charge in [-0.25, -0.2) is 0 Å². The second kappa shape index (κ2) is 14.5. The molecule has 302 valence electrons. The minimum atomic E-state index is -0.475. The van der Waals surface area contributed by atoms with Crippen LogP contribution in [0.4, 0.5) is 17.1 Å². The summed E-state index contributed by atoms with van der Waals surface area (Å²) in [7, 11) is 0. The van der Waals surface area contributed by atoms with Crippen molar-refractivity contribution in [3.63, 3.8) is 0 Å². The van der Waals surface area contributed by atoms with Gasteiger partial charge in [0.1, 0.15) is 0 Å². The minimum Gasteiger partial charge on any atom is -0.449 e. The number of para-hydroxylation sites is 1. The van der Waals surface area contributed by atoms with Crippen molar-refractivity contribution < 1.29 is 9.47 Å². The lowest BCUT2D eigenvalue weighted by Crippen LogP contribution is -2.25. The Morgan fingerprint density at radius 2 is 0.969 bits per heavy atom. The van der Waals surface area contributed by atoms with Crippen molar-refractivity contribution in [3.05, 3.63) is 252 Å². The quantitative estimate of drug-likeness (QED) is 0.167. The number of hydrogen-bond acceptors (Lipinski definition) is 3. The molecule has 0 saturated carbocycles. The van der Waals surface area contributed by atoms with Crippen LogP contribution in [0.1, 0.15) is 40.7 Å². The van der Waals surface area contributed by atoms with Crippen LogP contribution in [-0.4, -0.2) is 0 Å². The monoisotopic (exact) mass is 819 g/mol. The van der Waals surface area contributed by atoms with E-state index in [4.69, 9.17) is 9.47 Å². The highest BCUT2D eigenvalue weighted by atomic mass is 16.6. The molecule has 3 aliphatic carbocycles. The van der Waals surface area contributed by atoms with Crippen molar-refractivity contribution in [1.82, 2.24) is 0 Å². The van der Waals surface area contributed by atoms with Crippen molar-refractivity contribution in [3.8, 4) is 67.5 Å². The first-order chi connectivity index (χ1) is 31.7. The van der Waals surface area contributed by atoms with E-state index in [1.165, 1.54) is 61.2 Å². The molecule has 9 aromatic carbocycles. The molecule has 0 N–H and O–H groups in total. The number of fused-ring (bicyclic) bond motifs is 13. The maximum atomic E-state index is 7.29. The van der Waals surface area contributed by atoms with Crippen LogP contribution in [0.2, 0.25) is 0 Å². The lowest BCUT2D eigenvalue weighted by atomic mass is 9.70. The molecule has 0 fully saturated rings. The summed E-state index contributed by atoms with van der Waals surface area (Å²) in [4.78, 5) is 2.35. The molecule has 0 bridgehead atoms. The zero-order valence-electron chi connectivity index (χ0n) is 35.0. The molecule has 1 aliphatic heterocycles. The van der Waals surface area contributed by atoms with E-state index in [1.54, 1.807) is 0 Å². The van der Waals surface area contributed by atoms with Crippen LogP contribution in [0, 0.1) is 0 Å². The Balaban J connectivity index is 0.928. The Bertz CT molecular complexity index is 3330. The van der Waals surface area contributed by atoms with Gasteiger partial charge in [0.2, 0.25) is 0 Å². The van der Waals surface area contributed by atoms with E-state index in [2.05, 4.69) is 223 Å². The zero-order chi connectivity index (χ0) is 42.2. The highest BCUT2D eigenvalue weighted by Gasteiger charge is 2.53.